The molecule has 0 aliphatic heterocycles. The standard InChI is InChI=1S/C20H19F4N5O2S2/c1-12-7-13(9-14(8-12)27-18-25-6-3-16(28-18)20(22,23)24)15-10-26-17(32-15)19(4-2-5-19)29-33(30,31)11-21/h3,6-10,29H,2,4-5,11H2,1H3,(H,25,27,28). The fraction of sp³-hybridized carbons (Fsp3) is 0.350. The van der Waals surface area contributed by atoms with Crippen LogP contribution in [0.4, 0.5) is 29.2 Å². The maximum absolute atomic E-state index is 12.9. The van der Waals surface area contributed by atoms with Crippen LogP contribution in [0.3, 0.4) is 0 Å². The van der Waals surface area contributed by atoms with Gasteiger partial charge in [-0.2, -0.15) is 17.9 Å². The molecule has 0 saturated heterocycles. The van der Waals surface area contributed by atoms with Crippen molar-refractivity contribution in [3.05, 3.63) is 52.9 Å². The number of sulfonamides is 1. The summed E-state index contributed by atoms with van der Waals surface area (Å²) in [6.07, 6.45) is -0.125. The molecule has 33 heavy (non-hydrogen) atoms. The van der Waals surface area contributed by atoms with Gasteiger partial charge in [-0.25, -0.2) is 27.8 Å². The van der Waals surface area contributed by atoms with Crippen LogP contribution in [0.25, 0.3) is 10.4 Å². The lowest BCUT2D eigenvalue weighted by Gasteiger charge is -2.40. The first-order valence-corrected chi connectivity index (χ1v) is 12.3. The zero-order chi connectivity index (χ0) is 23.9. The molecule has 0 radical (unpaired) electrons. The molecule has 0 spiro atoms. The lowest BCUT2D eigenvalue weighted by Crippen LogP contribution is -2.50. The van der Waals surface area contributed by atoms with Crippen molar-refractivity contribution in [2.24, 2.45) is 0 Å². The number of rotatable bonds is 7. The van der Waals surface area contributed by atoms with Gasteiger partial charge in [0.05, 0.1) is 10.4 Å². The molecule has 0 amide bonds. The summed E-state index contributed by atoms with van der Waals surface area (Å²) >= 11 is 1.28. The topological polar surface area (TPSA) is 96.9 Å². The van der Waals surface area contributed by atoms with Gasteiger partial charge in [0.2, 0.25) is 22.0 Å². The monoisotopic (exact) mass is 501 g/mol. The van der Waals surface area contributed by atoms with E-state index in [0.29, 0.717) is 23.5 Å². The summed E-state index contributed by atoms with van der Waals surface area (Å²) in [7, 11) is -4.06. The number of aromatic nitrogens is 3. The molecule has 3 aromatic rings. The van der Waals surface area contributed by atoms with E-state index in [4.69, 9.17) is 0 Å². The van der Waals surface area contributed by atoms with E-state index in [1.165, 1.54) is 11.3 Å². The predicted molar refractivity (Wildman–Crippen MR) is 116 cm³/mol. The van der Waals surface area contributed by atoms with Crippen molar-refractivity contribution in [3.63, 3.8) is 0 Å². The van der Waals surface area contributed by atoms with Crippen molar-refractivity contribution in [3.8, 4) is 10.4 Å². The number of hydrogen-bond acceptors (Lipinski definition) is 7. The van der Waals surface area contributed by atoms with E-state index in [1.807, 2.05) is 13.0 Å². The summed E-state index contributed by atoms with van der Waals surface area (Å²) in [5, 5.41) is 3.33. The third-order valence-corrected chi connectivity index (χ3v) is 7.42. The first-order valence-electron chi connectivity index (χ1n) is 9.83. The van der Waals surface area contributed by atoms with E-state index in [9.17, 15) is 26.0 Å². The lowest BCUT2D eigenvalue weighted by atomic mass is 9.78. The summed E-state index contributed by atoms with van der Waals surface area (Å²) in [4.78, 5) is 12.5. The van der Waals surface area contributed by atoms with E-state index in [2.05, 4.69) is 25.0 Å². The molecular weight excluding hydrogens is 482 g/mol. The Morgan fingerprint density at radius 1 is 1.18 bits per heavy atom. The molecule has 13 heteroatoms. The van der Waals surface area contributed by atoms with Crippen LogP contribution >= 0.6 is 11.3 Å². The number of halogens is 4. The third-order valence-electron chi connectivity index (χ3n) is 5.18. The second-order valence-corrected chi connectivity index (χ2v) is 10.4. The second kappa shape index (κ2) is 8.61. The van der Waals surface area contributed by atoms with Crippen molar-refractivity contribution >= 4 is 33.0 Å². The van der Waals surface area contributed by atoms with E-state index in [1.54, 1.807) is 18.3 Å². The largest absolute Gasteiger partial charge is 0.433 e. The highest BCUT2D eigenvalue weighted by Crippen LogP contribution is 2.45. The number of anilines is 2. The number of thiazole rings is 1. The Bertz CT molecular complexity index is 1270. The maximum Gasteiger partial charge on any atom is 0.433 e. The fourth-order valence-corrected chi connectivity index (χ4v) is 5.67. The first-order chi connectivity index (χ1) is 15.5. The first kappa shape index (κ1) is 23.5. The quantitative estimate of drug-likeness (QED) is 0.447. The van der Waals surface area contributed by atoms with Crippen molar-refractivity contribution in [2.45, 2.75) is 37.9 Å². The van der Waals surface area contributed by atoms with Gasteiger partial charge in [0, 0.05) is 18.1 Å². The molecule has 1 saturated carbocycles. The Morgan fingerprint density at radius 2 is 1.94 bits per heavy atom. The minimum atomic E-state index is -4.59. The summed E-state index contributed by atoms with van der Waals surface area (Å²) in [6, 6.07) is 4.61. The lowest BCUT2D eigenvalue weighted by molar-refractivity contribution is -0.141. The molecule has 2 N–H and O–H groups in total. The molecule has 1 fully saturated rings. The van der Waals surface area contributed by atoms with Gasteiger partial charge >= 0.3 is 6.18 Å². The van der Waals surface area contributed by atoms with Gasteiger partial charge in [-0.15, -0.1) is 11.3 Å². The predicted octanol–water partition coefficient (Wildman–Crippen LogP) is 4.90. The maximum atomic E-state index is 12.9. The van der Waals surface area contributed by atoms with Crippen molar-refractivity contribution in [1.29, 1.82) is 0 Å². The molecule has 1 aromatic carbocycles. The molecule has 1 aliphatic carbocycles. The average Bonchev–Trinajstić information content (AvgIpc) is 3.20. The molecule has 4 rings (SSSR count). The third kappa shape index (κ3) is 5.14. The van der Waals surface area contributed by atoms with E-state index >= 15 is 0 Å². The molecule has 2 heterocycles. The van der Waals surface area contributed by atoms with Crippen LogP contribution in [0.1, 0.15) is 35.5 Å². The summed E-state index contributed by atoms with van der Waals surface area (Å²) in [6.45, 7) is 1.83. The number of benzene rings is 1. The fourth-order valence-electron chi connectivity index (χ4n) is 3.55. The molecule has 0 unspecified atom stereocenters. The number of hydrogen-bond donors (Lipinski definition) is 2. The highest BCUT2D eigenvalue weighted by atomic mass is 32.2. The molecule has 7 nitrogen and oxygen atoms in total. The molecular formula is C20H19F4N5O2S2. The van der Waals surface area contributed by atoms with Crippen LogP contribution in [0.5, 0.6) is 0 Å². The number of alkyl halides is 4. The van der Waals surface area contributed by atoms with Gasteiger partial charge in [0.25, 0.3) is 0 Å². The molecule has 0 atom stereocenters. The van der Waals surface area contributed by atoms with E-state index in [0.717, 1.165) is 34.7 Å². The molecule has 1 aliphatic rings. The summed E-state index contributed by atoms with van der Waals surface area (Å²) in [5.74, 6) is -0.194. The average molecular weight is 502 g/mol. The Balaban J connectivity index is 1.61. The Morgan fingerprint density at radius 3 is 2.58 bits per heavy atom. The van der Waals surface area contributed by atoms with Crippen LogP contribution < -0.4 is 10.0 Å². The number of nitrogens with zero attached hydrogens (tertiary/aromatic N) is 3. The van der Waals surface area contributed by atoms with Gasteiger partial charge in [-0.05, 0) is 55.5 Å². The Hall–Kier alpha value is -2.64. The van der Waals surface area contributed by atoms with Crippen LogP contribution in [-0.4, -0.2) is 29.4 Å². The van der Waals surface area contributed by atoms with Gasteiger partial charge < -0.3 is 5.32 Å². The van der Waals surface area contributed by atoms with Crippen LogP contribution in [-0.2, 0) is 21.7 Å². The van der Waals surface area contributed by atoms with Crippen LogP contribution in [0.2, 0.25) is 0 Å². The van der Waals surface area contributed by atoms with Gasteiger partial charge in [-0.1, -0.05) is 6.07 Å². The smallest absolute Gasteiger partial charge is 0.324 e. The molecule has 2 aromatic heterocycles. The molecule has 176 valence electrons. The zero-order valence-corrected chi connectivity index (χ0v) is 18.9. The van der Waals surface area contributed by atoms with E-state index < -0.39 is 33.4 Å². The second-order valence-electron chi connectivity index (χ2n) is 7.77. The van der Waals surface area contributed by atoms with Gasteiger partial charge in [0.1, 0.15) is 10.7 Å². The van der Waals surface area contributed by atoms with Crippen molar-refractivity contribution in [2.75, 3.05) is 11.3 Å². The molecule has 0 bridgehead atoms. The summed E-state index contributed by atoms with van der Waals surface area (Å²) < 4.78 is 77.7. The Kier molecular flexibility index (Phi) is 6.14. The SMILES string of the molecule is Cc1cc(Nc2nccc(C(F)(F)F)n2)cc(-c2cnc(C3(NS(=O)(=O)CF)CCC3)s2)c1. The van der Waals surface area contributed by atoms with E-state index in [-0.39, 0.29) is 5.95 Å². The van der Waals surface area contributed by atoms with Crippen molar-refractivity contribution < 1.29 is 26.0 Å². The minimum Gasteiger partial charge on any atom is -0.324 e. The van der Waals surface area contributed by atoms with Crippen LogP contribution in [0.15, 0.2) is 36.7 Å². The number of aryl methyl sites for hydroxylation is 1. The van der Waals surface area contributed by atoms with Crippen LogP contribution in [0, 0.1) is 6.92 Å². The highest BCUT2D eigenvalue weighted by Gasteiger charge is 2.44. The van der Waals surface area contributed by atoms with Gasteiger partial charge in [-0.3, -0.25) is 0 Å². The zero-order valence-electron chi connectivity index (χ0n) is 17.3. The van der Waals surface area contributed by atoms with Crippen molar-refractivity contribution in [1.82, 2.24) is 19.7 Å². The normalized spacial score (nSPS) is 15.8. The van der Waals surface area contributed by atoms with Gasteiger partial charge in [0.15, 0.2) is 0 Å². The number of nitrogens with one attached hydrogen (secondary N) is 2. The minimum absolute atomic E-state index is 0.194. The highest BCUT2D eigenvalue weighted by molar-refractivity contribution is 7.89. The summed E-state index contributed by atoms with van der Waals surface area (Å²) in [5.41, 5.74) is 0.0756. The Labute approximate surface area is 191 Å².